The van der Waals surface area contributed by atoms with Crippen LogP contribution >= 0.6 is 0 Å². The molecule has 3 rings (SSSR count). The van der Waals surface area contributed by atoms with Gasteiger partial charge in [0.1, 0.15) is 18.1 Å². The van der Waals surface area contributed by atoms with E-state index >= 15 is 0 Å². The Kier molecular flexibility index (Phi) is 6.27. The summed E-state index contributed by atoms with van der Waals surface area (Å²) in [5.74, 6) is 0.754. The molecule has 2 aromatic rings. The fourth-order valence-electron chi connectivity index (χ4n) is 3.75. The van der Waals surface area contributed by atoms with Gasteiger partial charge in [-0.05, 0) is 48.1 Å². The molecule has 0 spiro atoms. The summed E-state index contributed by atoms with van der Waals surface area (Å²) in [6.45, 7) is -0.00236. The highest BCUT2D eigenvalue weighted by Crippen LogP contribution is 2.41. The van der Waals surface area contributed by atoms with Crippen molar-refractivity contribution >= 4 is 6.29 Å². The van der Waals surface area contributed by atoms with Crippen molar-refractivity contribution in [3.63, 3.8) is 0 Å². The van der Waals surface area contributed by atoms with Crippen LogP contribution in [0, 0.1) is 0 Å². The van der Waals surface area contributed by atoms with Gasteiger partial charge >= 0.3 is 6.18 Å². The van der Waals surface area contributed by atoms with E-state index < -0.39 is 11.7 Å². The molecule has 0 aliphatic heterocycles. The first-order valence-corrected chi connectivity index (χ1v) is 9.38. The van der Waals surface area contributed by atoms with Gasteiger partial charge in [-0.15, -0.1) is 0 Å². The van der Waals surface area contributed by atoms with Crippen molar-refractivity contribution in [3.8, 4) is 11.5 Å². The lowest BCUT2D eigenvalue weighted by Gasteiger charge is -2.25. The normalized spacial score (nSPS) is 15.3. The van der Waals surface area contributed by atoms with Crippen molar-refractivity contribution in [2.75, 3.05) is 7.11 Å². The van der Waals surface area contributed by atoms with Crippen LogP contribution in [0.4, 0.5) is 13.2 Å². The van der Waals surface area contributed by atoms with Crippen LogP contribution in [0.3, 0.4) is 0 Å². The molecule has 0 amide bonds. The zero-order valence-corrected chi connectivity index (χ0v) is 15.7. The van der Waals surface area contributed by atoms with Crippen LogP contribution in [0.15, 0.2) is 36.4 Å². The molecule has 0 saturated heterocycles. The first-order valence-electron chi connectivity index (χ1n) is 9.38. The molecule has 6 heteroatoms. The van der Waals surface area contributed by atoms with Crippen LogP contribution < -0.4 is 9.47 Å². The molecule has 1 aliphatic carbocycles. The topological polar surface area (TPSA) is 35.5 Å². The molecule has 1 fully saturated rings. The van der Waals surface area contributed by atoms with Crippen LogP contribution in [-0.2, 0) is 12.8 Å². The van der Waals surface area contributed by atoms with E-state index in [0.29, 0.717) is 34.5 Å². The van der Waals surface area contributed by atoms with E-state index in [9.17, 15) is 18.0 Å². The lowest BCUT2D eigenvalue weighted by atomic mass is 9.81. The summed E-state index contributed by atoms with van der Waals surface area (Å²) >= 11 is 0. The lowest BCUT2D eigenvalue weighted by molar-refractivity contribution is -0.138. The maximum atomic E-state index is 13.6. The maximum Gasteiger partial charge on any atom is 0.416 e. The summed E-state index contributed by atoms with van der Waals surface area (Å²) in [6, 6.07) is 9.19. The monoisotopic (exact) mass is 392 g/mol. The molecule has 28 heavy (non-hydrogen) atoms. The minimum absolute atomic E-state index is 0.00236. The molecule has 3 nitrogen and oxygen atoms in total. The van der Waals surface area contributed by atoms with Crippen molar-refractivity contribution in [2.45, 2.75) is 50.8 Å². The highest BCUT2D eigenvalue weighted by Gasteiger charge is 2.35. The predicted octanol–water partition coefficient (Wildman–Crippen LogP) is 6.15. The molecule has 0 N–H and O–H groups in total. The molecule has 1 saturated carbocycles. The molecule has 0 atom stereocenters. The Balaban J connectivity index is 1.80. The van der Waals surface area contributed by atoms with Gasteiger partial charge in [-0.3, -0.25) is 4.79 Å². The number of carbonyl (C=O) groups is 1. The second-order valence-corrected chi connectivity index (χ2v) is 7.06. The molecule has 150 valence electrons. The summed E-state index contributed by atoms with van der Waals surface area (Å²) in [7, 11) is 1.44. The Labute approximate surface area is 162 Å². The van der Waals surface area contributed by atoms with Crippen LogP contribution in [0.25, 0.3) is 0 Å². The Bertz CT molecular complexity index is 824. The third-order valence-corrected chi connectivity index (χ3v) is 5.21. The summed E-state index contributed by atoms with van der Waals surface area (Å²) in [5.41, 5.74) is 0.665. The van der Waals surface area contributed by atoms with Crippen molar-refractivity contribution in [1.29, 1.82) is 0 Å². The number of carbonyl (C=O) groups excluding carboxylic acids is 1. The molecule has 0 aromatic heterocycles. The molecular formula is C22H23F3O3. The zero-order chi connectivity index (χ0) is 20.1. The van der Waals surface area contributed by atoms with Crippen LogP contribution in [0.2, 0.25) is 0 Å². The minimum atomic E-state index is -4.39. The number of hydrogen-bond acceptors (Lipinski definition) is 3. The Morgan fingerprint density at radius 1 is 1.07 bits per heavy atom. The third-order valence-electron chi connectivity index (χ3n) is 5.21. The van der Waals surface area contributed by atoms with E-state index in [2.05, 4.69) is 0 Å². The SMILES string of the molecule is COc1cc(OCc2ccc(C3CCCCC3)c(C(F)(F)F)c2)ccc1C=O. The van der Waals surface area contributed by atoms with Gasteiger partial charge in [0.2, 0.25) is 0 Å². The van der Waals surface area contributed by atoms with Gasteiger partial charge in [0.25, 0.3) is 0 Å². The smallest absolute Gasteiger partial charge is 0.416 e. The molecule has 0 heterocycles. The van der Waals surface area contributed by atoms with E-state index in [1.807, 2.05) is 0 Å². The number of methoxy groups -OCH3 is 1. The average molecular weight is 392 g/mol. The second kappa shape index (κ2) is 8.67. The third kappa shape index (κ3) is 4.66. The average Bonchev–Trinajstić information content (AvgIpc) is 2.71. The Morgan fingerprint density at radius 2 is 1.82 bits per heavy atom. The number of ether oxygens (including phenoxy) is 2. The number of rotatable bonds is 6. The first kappa shape index (κ1) is 20.2. The van der Waals surface area contributed by atoms with Gasteiger partial charge in [0.05, 0.1) is 18.2 Å². The van der Waals surface area contributed by atoms with Gasteiger partial charge < -0.3 is 9.47 Å². The van der Waals surface area contributed by atoms with Gasteiger partial charge in [-0.1, -0.05) is 31.4 Å². The highest BCUT2D eigenvalue weighted by atomic mass is 19.4. The molecule has 0 radical (unpaired) electrons. The van der Waals surface area contributed by atoms with Gasteiger partial charge in [-0.25, -0.2) is 0 Å². The lowest BCUT2D eigenvalue weighted by Crippen LogP contribution is -2.15. The van der Waals surface area contributed by atoms with Crippen LogP contribution in [0.5, 0.6) is 11.5 Å². The molecule has 0 bridgehead atoms. The van der Waals surface area contributed by atoms with E-state index in [4.69, 9.17) is 9.47 Å². The largest absolute Gasteiger partial charge is 0.496 e. The van der Waals surface area contributed by atoms with Gasteiger partial charge in [0, 0.05) is 6.07 Å². The van der Waals surface area contributed by atoms with Crippen LogP contribution in [0.1, 0.15) is 65.1 Å². The number of hydrogen-bond donors (Lipinski definition) is 0. The van der Waals surface area contributed by atoms with Crippen LogP contribution in [-0.4, -0.2) is 13.4 Å². The maximum absolute atomic E-state index is 13.6. The van der Waals surface area contributed by atoms with Crippen molar-refractivity contribution in [2.24, 2.45) is 0 Å². The van der Waals surface area contributed by atoms with Crippen molar-refractivity contribution in [3.05, 3.63) is 58.7 Å². The fraction of sp³-hybridized carbons (Fsp3) is 0.409. The summed E-state index contributed by atoms with van der Waals surface area (Å²) in [6.07, 6.45) is 0.941. The van der Waals surface area contributed by atoms with Gasteiger partial charge in [-0.2, -0.15) is 13.2 Å². The summed E-state index contributed by atoms with van der Waals surface area (Å²) in [5, 5.41) is 0. The van der Waals surface area contributed by atoms with Crippen molar-refractivity contribution < 1.29 is 27.4 Å². The predicted molar refractivity (Wildman–Crippen MR) is 100.0 cm³/mol. The van der Waals surface area contributed by atoms with E-state index in [-0.39, 0.29) is 12.5 Å². The summed E-state index contributed by atoms with van der Waals surface area (Å²) in [4.78, 5) is 10.9. The Morgan fingerprint density at radius 3 is 2.46 bits per heavy atom. The standard InChI is InChI=1S/C22H23F3O3/c1-27-21-12-18(9-8-17(21)13-26)28-14-15-7-10-19(16-5-3-2-4-6-16)20(11-15)22(23,24)25/h7-13,16H,2-6,14H2,1H3. The fourth-order valence-corrected chi connectivity index (χ4v) is 3.75. The number of aldehydes is 1. The van der Waals surface area contributed by atoms with Crippen molar-refractivity contribution in [1.82, 2.24) is 0 Å². The summed E-state index contributed by atoms with van der Waals surface area (Å²) < 4.78 is 51.7. The minimum Gasteiger partial charge on any atom is -0.496 e. The number of alkyl halides is 3. The molecular weight excluding hydrogens is 369 g/mol. The molecule has 1 aliphatic rings. The van der Waals surface area contributed by atoms with E-state index in [1.54, 1.807) is 30.3 Å². The zero-order valence-electron chi connectivity index (χ0n) is 15.7. The number of benzene rings is 2. The van der Waals surface area contributed by atoms with E-state index in [1.165, 1.54) is 13.2 Å². The molecule has 0 unspecified atom stereocenters. The van der Waals surface area contributed by atoms with Gasteiger partial charge in [0.15, 0.2) is 6.29 Å². The first-order chi connectivity index (χ1) is 13.4. The number of halogens is 3. The second-order valence-electron chi connectivity index (χ2n) is 7.06. The Hall–Kier alpha value is -2.50. The quantitative estimate of drug-likeness (QED) is 0.553. The van der Waals surface area contributed by atoms with E-state index in [0.717, 1.165) is 32.1 Å². The molecule has 2 aromatic carbocycles. The highest BCUT2D eigenvalue weighted by molar-refractivity contribution is 5.79.